The molecule has 6 rings (SSSR count). The van der Waals surface area contributed by atoms with Crippen LogP contribution in [0.25, 0.3) is 0 Å². The molecule has 2 amide bonds. The van der Waals surface area contributed by atoms with Gasteiger partial charge in [0, 0.05) is 37.6 Å². The molecule has 2 aromatic carbocycles. The molecule has 4 aliphatic rings. The third-order valence-corrected chi connectivity index (χ3v) is 13.3. The van der Waals surface area contributed by atoms with Gasteiger partial charge in [-0.05, 0) is 123 Å². The summed E-state index contributed by atoms with van der Waals surface area (Å²) in [7, 11) is -0.151. The fraction of sp³-hybridized carbons (Fsp3) is 0.568. The standard InChI is InChI=1S/C37H48ClN3O7S/c1-23-7-5-9-32(42)29-13-10-24(29)17-26-20-36(16-6-8-25-18-28(38)12-14-31(25)36)22-48-33-15-11-27(19-30(26)33)37(45,21-34(43)41(23)4)35(44)39-49(46,47)40(2)3/h5,9,11-12,14-15,18-19,23-24,26,29,32,42,45H,6-8,10,13,16-17,20-22H2,1-4H3,(H,39,44)/b9-5+/t23-,24-,26?,29+,32-,36-,37+/m0/s1. The van der Waals surface area contributed by atoms with Crippen molar-refractivity contribution in [3.63, 3.8) is 0 Å². The summed E-state index contributed by atoms with van der Waals surface area (Å²) < 4.78 is 35.1. The van der Waals surface area contributed by atoms with Gasteiger partial charge in [0.15, 0.2) is 5.60 Å². The Balaban J connectivity index is 1.48. The van der Waals surface area contributed by atoms with Crippen LogP contribution in [0.4, 0.5) is 0 Å². The Labute approximate surface area is 294 Å². The molecule has 12 heteroatoms. The van der Waals surface area contributed by atoms with E-state index >= 15 is 0 Å². The van der Waals surface area contributed by atoms with E-state index in [4.69, 9.17) is 16.3 Å². The first-order valence-electron chi connectivity index (χ1n) is 17.3. The average Bonchev–Trinajstić information content (AvgIpc) is 3.18. The van der Waals surface area contributed by atoms with E-state index in [0.717, 1.165) is 54.8 Å². The number of benzene rings is 2. The van der Waals surface area contributed by atoms with Crippen LogP contribution in [0.5, 0.6) is 5.75 Å². The van der Waals surface area contributed by atoms with E-state index in [1.807, 2.05) is 35.9 Å². The first-order valence-corrected chi connectivity index (χ1v) is 19.1. The highest BCUT2D eigenvalue weighted by Gasteiger charge is 2.47. The maximum absolute atomic E-state index is 13.9. The Morgan fingerprint density at radius 3 is 2.65 bits per heavy atom. The van der Waals surface area contributed by atoms with Crippen molar-refractivity contribution >= 4 is 33.6 Å². The number of amides is 2. The predicted octanol–water partition coefficient (Wildman–Crippen LogP) is 4.56. The van der Waals surface area contributed by atoms with E-state index in [1.165, 1.54) is 30.1 Å². The minimum atomic E-state index is -4.29. The molecule has 49 heavy (non-hydrogen) atoms. The Bertz CT molecular complexity index is 1750. The zero-order valence-electron chi connectivity index (χ0n) is 28.7. The number of halogens is 1. The summed E-state index contributed by atoms with van der Waals surface area (Å²) in [6.45, 7) is 2.29. The summed E-state index contributed by atoms with van der Waals surface area (Å²) in [5, 5.41) is 24.2. The lowest BCUT2D eigenvalue weighted by Crippen LogP contribution is -2.52. The molecule has 1 unspecified atom stereocenters. The summed E-state index contributed by atoms with van der Waals surface area (Å²) in [5.41, 5.74) is 0.550. The lowest BCUT2D eigenvalue weighted by atomic mass is 9.61. The summed E-state index contributed by atoms with van der Waals surface area (Å²) in [5.74, 6) is -0.864. The van der Waals surface area contributed by atoms with Gasteiger partial charge in [0.25, 0.3) is 5.91 Å². The molecule has 0 aromatic heterocycles. The molecule has 10 nitrogen and oxygen atoms in total. The highest BCUT2D eigenvalue weighted by molar-refractivity contribution is 7.87. The molecule has 3 N–H and O–H groups in total. The number of rotatable bonds is 3. The Morgan fingerprint density at radius 1 is 1.16 bits per heavy atom. The fourth-order valence-corrected chi connectivity index (χ4v) is 9.12. The minimum absolute atomic E-state index is 0.0767. The number of aliphatic hydroxyl groups excluding tert-OH is 1. The number of nitrogens with zero attached hydrogens (tertiary/aromatic N) is 2. The van der Waals surface area contributed by atoms with E-state index in [1.54, 1.807) is 25.2 Å². The largest absolute Gasteiger partial charge is 0.492 e. The third-order valence-electron chi connectivity index (χ3n) is 11.7. The van der Waals surface area contributed by atoms with E-state index in [2.05, 4.69) is 6.07 Å². The number of hydrogen-bond donors (Lipinski definition) is 3. The van der Waals surface area contributed by atoms with Crippen LogP contribution in [0, 0.1) is 11.8 Å². The van der Waals surface area contributed by atoms with Gasteiger partial charge in [0.05, 0.1) is 19.1 Å². The van der Waals surface area contributed by atoms with Crippen LogP contribution < -0.4 is 9.46 Å². The SMILES string of the molecule is C[C@H]1C/C=C/[C@H](O)[C@@H]2CC[C@H]2CC2C[C@@]3(CCCc4cc(Cl)ccc43)COc3ccc(cc32)[C@@](O)(C(=O)NS(=O)(=O)N(C)C)CC(=O)N1C. The van der Waals surface area contributed by atoms with Crippen LogP contribution in [0.1, 0.15) is 86.5 Å². The molecule has 0 saturated heterocycles. The molecular weight excluding hydrogens is 666 g/mol. The van der Waals surface area contributed by atoms with Crippen molar-refractivity contribution in [3.05, 3.63) is 75.8 Å². The molecule has 1 fully saturated rings. The van der Waals surface area contributed by atoms with Gasteiger partial charge in [0.1, 0.15) is 5.75 Å². The van der Waals surface area contributed by atoms with Gasteiger partial charge in [-0.25, -0.2) is 4.72 Å². The fourth-order valence-electron chi connectivity index (χ4n) is 8.34. The van der Waals surface area contributed by atoms with Gasteiger partial charge in [0.2, 0.25) is 5.91 Å². The van der Waals surface area contributed by atoms with Gasteiger partial charge in [-0.3, -0.25) is 9.59 Å². The van der Waals surface area contributed by atoms with Crippen molar-refractivity contribution in [3.8, 4) is 5.75 Å². The Hall–Kier alpha value is -2.96. The van der Waals surface area contributed by atoms with Gasteiger partial charge < -0.3 is 19.8 Å². The molecule has 2 bridgehead atoms. The monoisotopic (exact) mass is 713 g/mol. The first-order chi connectivity index (χ1) is 23.1. The second kappa shape index (κ2) is 13.6. The molecule has 2 aliphatic carbocycles. The molecular formula is C37H48ClN3O7S. The molecule has 2 aliphatic heterocycles. The van der Waals surface area contributed by atoms with Crippen molar-refractivity contribution in [2.45, 2.75) is 93.8 Å². The van der Waals surface area contributed by atoms with E-state index in [-0.39, 0.29) is 34.8 Å². The molecule has 2 heterocycles. The van der Waals surface area contributed by atoms with Gasteiger partial charge in [-0.1, -0.05) is 35.9 Å². The topological polar surface area (TPSA) is 136 Å². The van der Waals surface area contributed by atoms with E-state index in [9.17, 15) is 28.2 Å². The molecule has 1 spiro atoms. The minimum Gasteiger partial charge on any atom is -0.492 e. The summed E-state index contributed by atoms with van der Waals surface area (Å²) in [4.78, 5) is 29.0. The van der Waals surface area contributed by atoms with Crippen molar-refractivity contribution < 1.29 is 33.0 Å². The summed E-state index contributed by atoms with van der Waals surface area (Å²) in [6.07, 6.45) is 9.12. The molecule has 0 radical (unpaired) electrons. The number of aryl methyl sites for hydroxylation is 1. The summed E-state index contributed by atoms with van der Waals surface area (Å²) >= 11 is 6.43. The molecule has 2 aromatic rings. The van der Waals surface area contributed by atoms with Gasteiger partial charge in [-0.15, -0.1) is 0 Å². The van der Waals surface area contributed by atoms with Gasteiger partial charge >= 0.3 is 10.2 Å². The summed E-state index contributed by atoms with van der Waals surface area (Å²) in [6, 6.07) is 10.8. The smallest absolute Gasteiger partial charge is 0.303 e. The zero-order chi connectivity index (χ0) is 35.3. The highest BCUT2D eigenvalue weighted by atomic mass is 35.5. The van der Waals surface area contributed by atoms with Crippen molar-refractivity contribution in [1.82, 2.24) is 13.9 Å². The maximum Gasteiger partial charge on any atom is 0.303 e. The van der Waals surface area contributed by atoms with E-state index < -0.39 is 40.1 Å². The number of nitrogens with one attached hydrogen (secondary N) is 1. The van der Waals surface area contributed by atoms with Crippen LogP contribution in [-0.4, -0.2) is 79.5 Å². The van der Waals surface area contributed by atoms with Gasteiger partial charge in [-0.2, -0.15) is 12.7 Å². The number of fused-ring (bicyclic) bond motifs is 4. The van der Waals surface area contributed by atoms with Crippen molar-refractivity contribution in [1.29, 1.82) is 0 Å². The normalized spacial score (nSPS) is 32.7. The zero-order valence-corrected chi connectivity index (χ0v) is 30.3. The van der Waals surface area contributed by atoms with Crippen LogP contribution in [0.2, 0.25) is 5.02 Å². The highest BCUT2D eigenvalue weighted by Crippen LogP contribution is 2.53. The van der Waals surface area contributed by atoms with Crippen LogP contribution in [-0.2, 0) is 37.2 Å². The lowest BCUT2D eigenvalue weighted by Gasteiger charge is -2.43. The van der Waals surface area contributed by atoms with Crippen LogP contribution in [0.15, 0.2) is 48.6 Å². The lowest BCUT2D eigenvalue weighted by molar-refractivity contribution is -0.149. The second-order valence-electron chi connectivity index (χ2n) is 14.9. The van der Waals surface area contributed by atoms with Crippen LogP contribution >= 0.6 is 11.6 Å². The maximum atomic E-state index is 13.9. The first kappa shape index (κ1) is 35.9. The number of ether oxygens (including phenoxy) is 1. The number of carbonyl (C=O) groups is 2. The second-order valence-corrected chi connectivity index (χ2v) is 17.2. The molecule has 1 saturated carbocycles. The van der Waals surface area contributed by atoms with Crippen LogP contribution in [0.3, 0.4) is 0 Å². The number of aliphatic hydroxyl groups is 2. The van der Waals surface area contributed by atoms with Crippen molar-refractivity contribution in [2.75, 3.05) is 27.7 Å². The quantitative estimate of drug-likeness (QED) is 0.397. The molecule has 266 valence electrons. The third kappa shape index (κ3) is 6.89. The Kier molecular flexibility index (Phi) is 9.98. The Morgan fingerprint density at radius 2 is 1.94 bits per heavy atom. The van der Waals surface area contributed by atoms with Crippen molar-refractivity contribution in [2.24, 2.45) is 11.8 Å². The number of carbonyl (C=O) groups excluding carboxylic acids is 2. The molecule has 7 atom stereocenters. The predicted molar refractivity (Wildman–Crippen MR) is 187 cm³/mol. The average molecular weight is 714 g/mol. The van der Waals surface area contributed by atoms with E-state index in [0.29, 0.717) is 23.8 Å². The number of hydrogen-bond acceptors (Lipinski definition) is 7.